The predicted molar refractivity (Wildman–Crippen MR) is 108 cm³/mol. The van der Waals surface area contributed by atoms with E-state index in [-0.39, 0.29) is 29.3 Å². The van der Waals surface area contributed by atoms with Gasteiger partial charge in [0.2, 0.25) is 5.78 Å². The van der Waals surface area contributed by atoms with Crippen LogP contribution in [0.15, 0.2) is 36.4 Å². The van der Waals surface area contributed by atoms with Crippen LogP contribution in [0.2, 0.25) is 0 Å². The molecule has 0 unspecified atom stereocenters. The molecule has 6 nitrogen and oxygen atoms in total. The van der Waals surface area contributed by atoms with Crippen molar-refractivity contribution in [3.8, 4) is 11.4 Å². The summed E-state index contributed by atoms with van der Waals surface area (Å²) in [5, 5.41) is 2.96. The van der Waals surface area contributed by atoms with Crippen molar-refractivity contribution in [1.82, 2.24) is 15.3 Å². The molecule has 1 amide bonds. The number of rotatable bonds is 5. The first-order valence-corrected chi connectivity index (χ1v) is 9.41. The lowest BCUT2D eigenvalue weighted by molar-refractivity contribution is 0.0950. The second kappa shape index (κ2) is 7.16. The fourth-order valence-corrected chi connectivity index (χ4v) is 3.12. The highest BCUT2D eigenvalue weighted by Gasteiger charge is 2.25. The summed E-state index contributed by atoms with van der Waals surface area (Å²) < 4.78 is 13.5. The van der Waals surface area contributed by atoms with Crippen molar-refractivity contribution in [3.05, 3.63) is 70.2 Å². The lowest BCUT2D eigenvalue weighted by Crippen LogP contribution is -2.25. The molecule has 7 heteroatoms. The molecule has 2 aromatic carbocycles. The monoisotopic (exact) mass is 392 g/mol. The number of carbonyl (C=O) groups excluding carboxylic acids is 2. The molecule has 0 bridgehead atoms. The molecule has 0 radical (unpaired) electrons. The van der Waals surface area contributed by atoms with Crippen molar-refractivity contribution in [1.29, 1.82) is 0 Å². The number of nitrogens with one attached hydrogen (secondary N) is 2. The number of halogens is 1. The van der Waals surface area contributed by atoms with Gasteiger partial charge in [0.25, 0.3) is 5.91 Å². The summed E-state index contributed by atoms with van der Waals surface area (Å²) in [5.41, 5.74) is 8.86. The van der Waals surface area contributed by atoms with E-state index in [0.29, 0.717) is 28.1 Å². The summed E-state index contributed by atoms with van der Waals surface area (Å²) in [5.74, 6) is -0.378. The van der Waals surface area contributed by atoms with Crippen LogP contribution in [0.3, 0.4) is 0 Å². The van der Waals surface area contributed by atoms with Crippen molar-refractivity contribution in [2.24, 2.45) is 0 Å². The maximum atomic E-state index is 13.5. The van der Waals surface area contributed by atoms with Crippen LogP contribution >= 0.6 is 0 Å². The number of benzene rings is 2. The summed E-state index contributed by atoms with van der Waals surface area (Å²) in [6.45, 7) is 3.48. The zero-order chi connectivity index (χ0) is 20.7. The first kappa shape index (κ1) is 18.9. The van der Waals surface area contributed by atoms with E-state index < -0.39 is 5.78 Å². The Hall–Kier alpha value is -3.48. The van der Waals surface area contributed by atoms with Gasteiger partial charge < -0.3 is 16.0 Å². The Kier molecular flexibility index (Phi) is 4.66. The third-order valence-electron chi connectivity index (χ3n) is 5.03. The van der Waals surface area contributed by atoms with E-state index in [0.717, 1.165) is 18.4 Å². The van der Waals surface area contributed by atoms with Crippen molar-refractivity contribution in [2.75, 3.05) is 5.73 Å². The minimum absolute atomic E-state index is 0.0678. The Morgan fingerprint density at radius 1 is 1.10 bits per heavy atom. The Bertz CT molecular complexity index is 1130. The lowest BCUT2D eigenvalue weighted by Gasteiger charge is -2.07. The van der Waals surface area contributed by atoms with Crippen molar-refractivity contribution >= 4 is 17.5 Å². The highest BCUT2D eigenvalue weighted by molar-refractivity contribution is 6.10. The molecule has 29 heavy (non-hydrogen) atoms. The molecular weight excluding hydrogens is 371 g/mol. The molecule has 1 aliphatic rings. The van der Waals surface area contributed by atoms with E-state index in [9.17, 15) is 14.0 Å². The highest BCUT2D eigenvalue weighted by atomic mass is 19.1. The van der Waals surface area contributed by atoms with Gasteiger partial charge in [-0.15, -0.1) is 0 Å². The van der Waals surface area contributed by atoms with Crippen LogP contribution < -0.4 is 11.1 Å². The van der Waals surface area contributed by atoms with E-state index in [1.165, 1.54) is 18.2 Å². The maximum absolute atomic E-state index is 13.5. The van der Waals surface area contributed by atoms with Gasteiger partial charge >= 0.3 is 0 Å². The van der Waals surface area contributed by atoms with E-state index in [4.69, 9.17) is 5.73 Å². The molecule has 1 aliphatic carbocycles. The Morgan fingerprint density at radius 2 is 1.83 bits per heavy atom. The molecule has 4 rings (SSSR count). The molecule has 0 spiro atoms. The van der Waals surface area contributed by atoms with Gasteiger partial charge in [0.1, 0.15) is 17.5 Å². The Balaban J connectivity index is 1.67. The Labute approximate surface area is 167 Å². The number of anilines is 1. The van der Waals surface area contributed by atoms with Gasteiger partial charge in [-0.1, -0.05) is 6.07 Å². The number of amides is 1. The van der Waals surface area contributed by atoms with Crippen LogP contribution in [0.5, 0.6) is 0 Å². The number of imidazole rings is 1. The quantitative estimate of drug-likeness (QED) is 0.578. The molecule has 0 saturated heterocycles. The number of hydrogen-bond donors (Lipinski definition) is 3. The van der Waals surface area contributed by atoms with Crippen LogP contribution in [0.1, 0.15) is 50.4 Å². The lowest BCUT2D eigenvalue weighted by atomic mass is 10.0. The molecule has 0 aliphatic heterocycles. The van der Waals surface area contributed by atoms with Gasteiger partial charge in [0, 0.05) is 22.7 Å². The minimum atomic E-state index is -0.395. The molecule has 1 heterocycles. The van der Waals surface area contributed by atoms with Crippen LogP contribution in [0, 0.1) is 19.7 Å². The fourth-order valence-electron chi connectivity index (χ4n) is 3.12. The summed E-state index contributed by atoms with van der Waals surface area (Å²) in [4.78, 5) is 32.5. The van der Waals surface area contributed by atoms with Gasteiger partial charge in [-0.2, -0.15) is 0 Å². The van der Waals surface area contributed by atoms with Crippen molar-refractivity contribution < 1.29 is 14.0 Å². The van der Waals surface area contributed by atoms with E-state index in [2.05, 4.69) is 15.3 Å². The van der Waals surface area contributed by atoms with Crippen molar-refractivity contribution in [3.63, 3.8) is 0 Å². The van der Waals surface area contributed by atoms with Crippen LogP contribution in [-0.4, -0.2) is 27.7 Å². The summed E-state index contributed by atoms with van der Waals surface area (Å²) >= 11 is 0. The average Bonchev–Trinajstić information content (AvgIpc) is 3.42. The van der Waals surface area contributed by atoms with Crippen molar-refractivity contribution in [2.45, 2.75) is 32.7 Å². The van der Waals surface area contributed by atoms with Gasteiger partial charge in [0.15, 0.2) is 5.69 Å². The molecule has 148 valence electrons. The average molecular weight is 392 g/mol. The predicted octanol–water partition coefficient (Wildman–Crippen LogP) is 3.54. The summed E-state index contributed by atoms with van der Waals surface area (Å²) in [7, 11) is 0. The number of ketones is 1. The SMILES string of the molecule is Cc1cc(C(=O)c2nc(-c3cc(C(=O)NC4CC4)ccc3C)[nH]c2N)ccc1F. The largest absolute Gasteiger partial charge is 0.383 e. The third-order valence-corrected chi connectivity index (χ3v) is 5.03. The molecule has 1 fully saturated rings. The fraction of sp³-hybridized carbons (Fsp3) is 0.227. The zero-order valence-electron chi connectivity index (χ0n) is 16.2. The van der Waals surface area contributed by atoms with E-state index in [1.807, 2.05) is 13.0 Å². The number of aryl methyl sites for hydroxylation is 2. The second-order valence-corrected chi connectivity index (χ2v) is 7.42. The molecule has 3 aromatic rings. The number of nitrogens with two attached hydrogens (primary N) is 1. The minimum Gasteiger partial charge on any atom is -0.383 e. The summed E-state index contributed by atoms with van der Waals surface area (Å²) in [6, 6.07) is 9.72. The van der Waals surface area contributed by atoms with Gasteiger partial charge in [-0.3, -0.25) is 9.59 Å². The first-order chi connectivity index (χ1) is 13.8. The van der Waals surface area contributed by atoms with Gasteiger partial charge in [-0.25, -0.2) is 9.37 Å². The molecular formula is C22H21FN4O2. The van der Waals surface area contributed by atoms with Crippen LogP contribution in [0.4, 0.5) is 10.2 Å². The normalized spacial score (nSPS) is 13.3. The molecule has 4 N–H and O–H groups in total. The molecule has 0 atom stereocenters. The van der Waals surface area contributed by atoms with Crippen LogP contribution in [-0.2, 0) is 0 Å². The topological polar surface area (TPSA) is 101 Å². The van der Waals surface area contributed by atoms with Crippen LogP contribution in [0.25, 0.3) is 11.4 Å². The number of aromatic nitrogens is 2. The summed E-state index contributed by atoms with van der Waals surface area (Å²) in [6.07, 6.45) is 2.01. The van der Waals surface area contributed by atoms with E-state index >= 15 is 0 Å². The number of nitrogens with zero attached hydrogens (tertiary/aromatic N) is 1. The number of hydrogen-bond acceptors (Lipinski definition) is 4. The Morgan fingerprint density at radius 3 is 2.52 bits per heavy atom. The number of aromatic amines is 1. The van der Waals surface area contributed by atoms with Gasteiger partial charge in [0.05, 0.1) is 0 Å². The van der Waals surface area contributed by atoms with Gasteiger partial charge in [-0.05, 0) is 68.1 Å². The third kappa shape index (κ3) is 3.76. The first-order valence-electron chi connectivity index (χ1n) is 9.41. The maximum Gasteiger partial charge on any atom is 0.251 e. The molecule has 1 saturated carbocycles. The molecule has 1 aromatic heterocycles. The second-order valence-electron chi connectivity index (χ2n) is 7.42. The van der Waals surface area contributed by atoms with E-state index in [1.54, 1.807) is 19.1 Å². The number of nitrogen functional groups attached to an aromatic ring is 1. The standard InChI is InChI=1S/C22H21FN4O2/c1-11-3-4-14(22(29)25-15-6-7-15)10-16(11)21-26-18(20(24)27-21)19(28)13-5-8-17(23)12(2)9-13/h3-5,8-10,15H,6-7,24H2,1-2H3,(H,25,29)(H,26,27). The number of H-pyrrole nitrogens is 1. The smallest absolute Gasteiger partial charge is 0.251 e. The highest BCUT2D eigenvalue weighted by Crippen LogP contribution is 2.27. The number of carbonyl (C=O) groups is 2. The zero-order valence-corrected chi connectivity index (χ0v) is 16.2.